The molecule has 0 aliphatic heterocycles. The Morgan fingerprint density at radius 3 is 2.58 bits per heavy atom. The van der Waals surface area contributed by atoms with Crippen molar-refractivity contribution < 1.29 is 4.52 Å². The molecule has 0 unspecified atom stereocenters. The molecule has 0 spiro atoms. The van der Waals surface area contributed by atoms with Crippen molar-refractivity contribution in [2.75, 3.05) is 7.05 Å². The van der Waals surface area contributed by atoms with Gasteiger partial charge in [0.15, 0.2) is 11.7 Å². The van der Waals surface area contributed by atoms with Gasteiger partial charge >= 0.3 is 0 Å². The molecule has 0 aliphatic rings. The highest BCUT2D eigenvalue weighted by Gasteiger charge is 2.13. The number of guanidine groups is 1. The summed E-state index contributed by atoms with van der Waals surface area (Å²) in [5, 5.41) is 10.6. The quantitative estimate of drug-likeness (QED) is 0.390. The van der Waals surface area contributed by atoms with Crippen LogP contribution in [0.3, 0.4) is 0 Å². The summed E-state index contributed by atoms with van der Waals surface area (Å²) in [6.45, 7) is 5.51. The van der Waals surface area contributed by atoms with Gasteiger partial charge in [0.25, 0.3) is 0 Å². The molecule has 0 radical (unpaired) electrons. The Morgan fingerprint density at radius 2 is 1.96 bits per heavy atom. The fourth-order valence-corrected chi connectivity index (χ4v) is 2.38. The normalized spacial score (nSPS) is 11.2. The van der Waals surface area contributed by atoms with Gasteiger partial charge in [-0.05, 0) is 25.0 Å². The Balaban J connectivity index is 0.00000288. The first-order valence-electron chi connectivity index (χ1n) is 8.06. The first-order chi connectivity index (χ1) is 11.3. The van der Waals surface area contributed by atoms with E-state index >= 15 is 0 Å². The second-order valence-corrected chi connectivity index (χ2v) is 5.33. The number of nitrogens with one attached hydrogen (secondary N) is 2. The molecule has 0 saturated carbocycles. The minimum atomic E-state index is 0. The average molecular weight is 443 g/mol. The van der Waals surface area contributed by atoms with E-state index in [1.165, 1.54) is 0 Å². The molecule has 7 heteroatoms. The van der Waals surface area contributed by atoms with Crippen LogP contribution in [0, 0.1) is 0 Å². The van der Waals surface area contributed by atoms with Crippen LogP contribution in [0.5, 0.6) is 0 Å². The van der Waals surface area contributed by atoms with Crippen LogP contribution < -0.4 is 10.6 Å². The Morgan fingerprint density at radius 1 is 1.21 bits per heavy atom. The summed E-state index contributed by atoms with van der Waals surface area (Å²) in [6.07, 6.45) is 3.92. The van der Waals surface area contributed by atoms with E-state index in [2.05, 4.69) is 39.6 Å². The van der Waals surface area contributed by atoms with Crippen molar-refractivity contribution >= 4 is 29.9 Å². The molecule has 0 atom stereocenters. The highest BCUT2D eigenvalue weighted by molar-refractivity contribution is 14.0. The predicted octanol–water partition coefficient (Wildman–Crippen LogP) is 3.46. The molecule has 6 nitrogen and oxygen atoms in total. The maximum Gasteiger partial charge on any atom is 0.191 e. The minimum absolute atomic E-state index is 0. The summed E-state index contributed by atoms with van der Waals surface area (Å²) in [6, 6.07) is 7.86. The van der Waals surface area contributed by atoms with Gasteiger partial charge in [0.2, 0.25) is 0 Å². The second kappa shape index (κ2) is 11.0. The van der Waals surface area contributed by atoms with Crippen LogP contribution in [-0.2, 0) is 13.1 Å². The Kier molecular flexibility index (Phi) is 9.36. The Labute approximate surface area is 160 Å². The standard InChI is InChI=1S/C17H25N5O.HI/c1-4-13(5-2)16-10-15(23-22-16)12-21-17(18-3)20-11-14-8-6-7-9-19-14;/h6-10,13H,4-5,11-12H2,1-3H3,(H2,18,20,21);1H. The fraction of sp³-hybridized carbons (Fsp3) is 0.471. The number of pyridine rings is 1. The molecular weight excluding hydrogens is 417 g/mol. The van der Waals surface area contributed by atoms with Crippen LogP contribution in [-0.4, -0.2) is 23.1 Å². The number of aliphatic imine (C=N–C) groups is 1. The third kappa shape index (κ3) is 6.10. The highest BCUT2D eigenvalue weighted by Crippen LogP contribution is 2.22. The summed E-state index contributed by atoms with van der Waals surface area (Å²) in [4.78, 5) is 8.47. The smallest absolute Gasteiger partial charge is 0.191 e. The molecule has 2 aromatic heterocycles. The molecule has 0 amide bonds. The van der Waals surface area contributed by atoms with E-state index in [1.807, 2.05) is 24.3 Å². The molecule has 2 N–H and O–H groups in total. The highest BCUT2D eigenvalue weighted by atomic mass is 127. The van der Waals surface area contributed by atoms with Crippen molar-refractivity contribution in [3.63, 3.8) is 0 Å². The summed E-state index contributed by atoms with van der Waals surface area (Å²) in [5.74, 6) is 1.98. The minimum Gasteiger partial charge on any atom is -0.359 e. The molecule has 0 fully saturated rings. The van der Waals surface area contributed by atoms with Gasteiger partial charge < -0.3 is 15.2 Å². The van der Waals surface area contributed by atoms with Gasteiger partial charge in [-0.25, -0.2) is 0 Å². The van der Waals surface area contributed by atoms with Crippen molar-refractivity contribution in [2.45, 2.75) is 45.7 Å². The largest absolute Gasteiger partial charge is 0.359 e. The number of nitrogens with zero attached hydrogens (tertiary/aromatic N) is 3. The van der Waals surface area contributed by atoms with E-state index in [0.717, 1.165) is 30.0 Å². The number of hydrogen-bond acceptors (Lipinski definition) is 4. The first kappa shape index (κ1) is 20.4. The van der Waals surface area contributed by atoms with Gasteiger partial charge in [-0.1, -0.05) is 25.1 Å². The van der Waals surface area contributed by atoms with Crippen molar-refractivity contribution in [1.82, 2.24) is 20.8 Å². The number of halogens is 1. The summed E-state index contributed by atoms with van der Waals surface area (Å²) in [5.41, 5.74) is 1.99. The molecule has 0 aromatic carbocycles. The van der Waals surface area contributed by atoms with Crippen molar-refractivity contribution in [2.24, 2.45) is 4.99 Å². The van der Waals surface area contributed by atoms with Crippen molar-refractivity contribution in [3.05, 3.63) is 47.6 Å². The number of aromatic nitrogens is 2. The van der Waals surface area contributed by atoms with Crippen LogP contribution in [0.2, 0.25) is 0 Å². The van der Waals surface area contributed by atoms with Crippen molar-refractivity contribution in [1.29, 1.82) is 0 Å². The summed E-state index contributed by atoms with van der Waals surface area (Å²) in [7, 11) is 1.74. The zero-order chi connectivity index (χ0) is 16.5. The van der Waals surface area contributed by atoms with Crippen LogP contribution in [0.15, 0.2) is 40.0 Å². The maximum atomic E-state index is 5.40. The van der Waals surface area contributed by atoms with Gasteiger partial charge in [-0.2, -0.15) is 0 Å². The van der Waals surface area contributed by atoms with Crippen LogP contribution in [0.1, 0.15) is 49.8 Å². The van der Waals surface area contributed by atoms with Crippen LogP contribution in [0.25, 0.3) is 0 Å². The van der Waals surface area contributed by atoms with Gasteiger partial charge in [0.1, 0.15) is 0 Å². The van der Waals surface area contributed by atoms with Crippen LogP contribution >= 0.6 is 24.0 Å². The van der Waals surface area contributed by atoms with Gasteiger partial charge in [-0.15, -0.1) is 24.0 Å². The van der Waals surface area contributed by atoms with E-state index in [-0.39, 0.29) is 24.0 Å². The van der Waals surface area contributed by atoms with E-state index in [4.69, 9.17) is 4.52 Å². The van der Waals surface area contributed by atoms with E-state index in [0.29, 0.717) is 25.0 Å². The topological polar surface area (TPSA) is 75.3 Å². The lowest BCUT2D eigenvalue weighted by atomic mass is 9.99. The van der Waals surface area contributed by atoms with Crippen LogP contribution in [0.4, 0.5) is 0 Å². The third-order valence-corrected chi connectivity index (χ3v) is 3.80. The second-order valence-electron chi connectivity index (χ2n) is 5.33. The predicted molar refractivity (Wildman–Crippen MR) is 107 cm³/mol. The zero-order valence-corrected chi connectivity index (χ0v) is 16.8. The summed E-state index contributed by atoms with van der Waals surface area (Å²) >= 11 is 0. The molecule has 2 heterocycles. The monoisotopic (exact) mass is 443 g/mol. The van der Waals surface area contributed by atoms with E-state index in [9.17, 15) is 0 Å². The third-order valence-electron chi connectivity index (χ3n) is 3.80. The molecule has 0 aliphatic carbocycles. The number of rotatable bonds is 7. The Bertz CT molecular complexity index is 610. The number of hydrogen-bond donors (Lipinski definition) is 2. The molecule has 2 rings (SSSR count). The SMILES string of the molecule is CCC(CC)c1cc(CNC(=NC)NCc2ccccn2)on1.I. The van der Waals surface area contributed by atoms with E-state index < -0.39 is 0 Å². The molecule has 2 aromatic rings. The first-order valence-corrected chi connectivity index (χ1v) is 8.06. The van der Waals surface area contributed by atoms with Gasteiger partial charge in [0.05, 0.1) is 24.5 Å². The zero-order valence-electron chi connectivity index (χ0n) is 14.5. The molecule has 132 valence electrons. The lowest BCUT2D eigenvalue weighted by molar-refractivity contribution is 0.368. The molecule has 0 bridgehead atoms. The molecule has 24 heavy (non-hydrogen) atoms. The lowest BCUT2D eigenvalue weighted by Crippen LogP contribution is -2.36. The van der Waals surface area contributed by atoms with Gasteiger partial charge in [-0.3, -0.25) is 9.98 Å². The van der Waals surface area contributed by atoms with E-state index in [1.54, 1.807) is 13.2 Å². The average Bonchev–Trinajstić information content (AvgIpc) is 3.06. The van der Waals surface area contributed by atoms with Crippen molar-refractivity contribution in [3.8, 4) is 0 Å². The fourth-order valence-electron chi connectivity index (χ4n) is 2.38. The summed E-state index contributed by atoms with van der Waals surface area (Å²) < 4.78 is 5.40. The van der Waals surface area contributed by atoms with Gasteiger partial charge in [0, 0.05) is 25.2 Å². The molecular formula is C17H26IN5O. The lowest BCUT2D eigenvalue weighted by Gasteiger charge is -2.10. The molecule has 0 saturated heterocycles. The maximum absolute atomic E-state index is 5.40. The Hall–Kier alpha value is -1.64.